The van der Waals surface area contributed by atoms with Gasteiger partial charge in [0, 0.05) is 4.47 Å². The van der Waals surface area contributed by atoms with Crippen LogP contribution in [0.4, 0.5) is 10.5 Å². The van der Waals surface area contributed by atoms with Crippen LogP contribution in [0.1, 0.15) is 18.1 Å². The predicted molar refractivity (Wildman–Crippen MR) is 141 cm³/mol. The number of imide groups is 1. The number of nitrogens with zero attached hydrogens (tertiary/aromatic N) is 1. The minimum atomic E-state index is -0.369. The lowest BCUT2D eigenvalue weighted by Gasteiger charge is -2.14. The highest BCUT2D eigenvalue weighted by Gasteiger charge is 2.36. The third-order valence-corrected chi connectivity index (χ3v) is 7.13. The van der Waals surface area contributed by atoms with Gasteiger partial charge in [-0.05, 0) is 72.3 Å². The van der Waals surface area contributed by atoms with Gasteiger partial charge in [0.2, 0.25) is 0 Å². The number of ether oxygens (including phenoxy) is 2. The lowest BCUT2D eigenvalue weighted by Crippen LogP contribution is -2.27. The highest BCUT2D eigenvalue weighted by atomic mass is 79.9. The van der Waals surface area contributed by atoms with Crippen LogP contribution in [-0.4, -0.2) is 17.8 Å². The van der Waals surface area contributed by atoms with E-state index in [2.05, 4.69) is 15.9 Å². The fourth-order valence-corrected chi connectivity index (χ4v) is 4.83. The molecule has 0 saturated carbocycles. The van der Waals surface area contributed by atoms with Crippen LogP contribution < -0.4 is 14.4 Å². The summed E-state index contributed by atoms with van der Waals surface area (Å²) < 4.78 is 12.4. The summed E-state index contributed by atoms with van der Waals surface area (Å²) in [6.45, 7) is 2.56. The summed E-state index contributed by atoms with van der Waals surface area (Å²) in [5.74, 6) is 0.666. The number of halogens is 3. The van der Waals surface area contributed by atoms with Gasteiger partial charge in [0.1, 0.15) is 6.61 Å². The van der Waals surface area contributed by atoms with Gasteiger partial charge in [-0.25, -0.2) is 4.90 Å². The number of thioether (sulfide) groups is 1. The third-order valence-electron chi connectivity index (χ3n) is 4.84. The van der Waals surface area contributed by atoms with Crippen LogP contribution in [0.5, 0.6) is 11.5 Å². The quantitative estimate of drug-likeness (QED) is 0.266. The van der Waals surface area contributed by atoms with Gasteiger partial charge in [-0.2, -0.15) is 0 Å². The maximum absolute atomic E-state index is 12.9. The number of amides is 2. The molecule has 0 atom stereocenters. The highest BCUT2D eigenvalue weighted by Crippen LogP contribution is 2.39. The first kappa shape index (κ1) is 24.7. The average Bonchev–Trinajstić information content (AvgIpc) is 3.10. The van der Waals surface area contributed by atoms with Crippen LogP contribution in [0.25, 0.3) is 6.08 Å². The molecule has 0 aromatic heterocycles. The second kappa shape index (κ2) is 10.9. The molecule has 5 nitrogen and oxygen atoms in total. The predicted octanol–water partition coefficient (Wildman–Crippen LogP) is 7.97. The van der Waals surface area contributed by atoms with E-state index in [1.165, 1.54) is 4.90 Å². The van der Waals surface area contributed by atoms with Crippen molar-refractivity contribution in [3.8, 4) is 11.5 Å². The summed E-state index contributed by atoms with van der Waals surface area (Å²) in [4.78, 5) is 26.9. The molecule has 34 heavy (non-hydrogen) atoms. The molecule has 0 aliphatic carbocycles. The van der Waals surface area contributed by atoms with Gasteiger partial charge >= 0.3 is 0 Å². The lowest BCUT2D eigenvalue weighted by molar-refractivity contribution is -0.113. The number of anilines is 1. The van der Waals surface area contributed by atoms with Crippen molar-refractivity contribution >= 4 is 73.8 Å². The van der Waals surface area contributed by atoms with Gasteiger partial charge in [-0.3, -0.25) is 9.59 Å². The van der Waals surface area contributed by atoms with E-state index in [4.69, 9.17) is 32.7 Å². The molecule has 1 fully saturated rings. The summed E-state index contributed by atoms with van der Waals surface area (Å²) >= 11 is 16.5. The van der Waals surface area contributed by atoms with Gasteiger partial charge in [-0.15, -0.1) is 0 Å². The molecule has 1 aliphatic rings. The van der Waals surface area contributed by atoms with E-state index in [0.29, 0.717) is 48.8 Å². The molecular weight excluding hydrogens is 561 g/mol. The molecule has 0 bridgehead atoms. The second-order valence-corrected chi connectivity index (χ2v) is 9.81. The third kappa shape index (κ3) is 5.44. The Hall–Kier alpha value is -2.45. The number of benzene rings is 3. The van der Waals surface area contributed by atoms with Gasteiger partial charge in [0.05, 0.1) is 27.2 Å². The zero-order valence-electron chi connectivity index (χ0n) is 17.9. The highest BCUT2D eigenvalue weighted by molar-refractivity contribution is 9.10. The molecule has 3 aromatic carbocycles. The largest absolute Gasteiger partial charge is 0.490 e. The molecule has 4 rings (SSSR count). The smallest absolute Gasteiger partial charge is 0.298 e. The molecule has 3 aromatic rings. The van der Waals surface area contributed by atoms with Gasteiger partial charge < -0.3 is 9.47 Å². The Bertz CT molecular complexity index is 1280. The van der Waals surface area contributed by atoms with E-state index in [-0.39, 0.29) is 17.8 Å². The van der Waals surface area contributed by atoms with Crippen LogP contribution in [0.15, 0.2) is 70.0 Å². The summed E-state index contributed by atoms with van der Waals surface area (Å²) in [6.07, 6.45) is 1.67. The number of rotatable bonds is 7. The maximum atomic E-state index is 12.9. The Morgan fingerprint density at radius 2 is 1.71 bits per heavy atom. The Labute approximate surface area is 219 Å². The number of hydrogen-bond donors (Lipinski definition) is 0. The summed E-state index contributed by atoms with van der Waals surface area (Å²) in [5.41, 5.74) is 2.07. The van der Waals surface area contributed by atoms with Crippen LogP contribution in [0, 0.1) is 0 Å². The molecule has 1 aliphatic heterocycles. The van der Waals surface area contributed by atoms with Gasteiger partial charge in [0.15, 0.2) is 11.5 Å². The normalized spacial score (nSPS) is 14.7. The van der Waals surface area contributed by atoms with E-state index < -0.39 is 0 Å². The zero-order chi connectivity index (χ0) is 24.2. The fourth-order valence-electron chi connectivity index (χ4n) is 3.24. The maximum Gasteiger partial charge on any atom is 0.298 e. The van der Waals surface area contributed by atoms with Gasteiger partial charge in [0.25, 0.3) is 11.1 Å². The molecule has 0 N–H and O–H groups in total. The monoisotopic (exact) mass is 577 g/mol. The van der Waals surface area contributed by atoms with E-state index in [0.717, 1.165) is 17.3 Å². The van der Waals surface area contributed by atoms with E-state index in [1.807, 2.05) is 19.1 Å². The molecule has 1 heterocycles. The molecule has 9 heteroatoms. The number of para-hydroxylation sites is 1. The van der Waals surface area contributed by atoms with Crippen molar-refractivity contribution in [1.82, 2.24) is 0 Å². The zero-order valence-corrected chi connectivity index (χ0v) is 21.8. The number of carbonyl (C=O) groups is 2. The minimum absolute atomic E-state index is 0.263. The number of hydrogen-bond acceptors (Lipinski definition) is 5. The summed E-state index contributed by atoms with van der Waals surface area (Å²) in [7, 11) is 0. The van der Waals surface area contributed by atoms with Crippen molar-refractivity contribution in [3.63, 3.8) is 0 Å². The lowest BCUT2D eigenvalue weighted by atomic mass is 10.1. The summed E-state index contributed by atoms with van der Waals surface area (Å²) in [5, 5.41) is 0.586. The van der Waals surface area contributed by atoms with Crippen molar-refractivity contribution in [2.45, 2.75) is 13.5 Å². The second-order valence-electron chi connectivity index (χ2n) is 7.14. The molecule has 0 spiro atoms. The minimum Gasteiger partial charge on any atom is -0.490 e. The molecule has 0 unspecified atom stereocenters. The molecular formula is C25H18BrCl2NO4S. The Kier molecular flexibility index (Phi) is 7.88. The van der Waals surface area contributed by atoms with Crippen LogP contribution in [-0.2, 0) is 11.4 Å². The summed E-state index contributed by atoms with van der Waals surface area (Å²) in [6, 6.07) is 17.7. The fraction of sp³-hybridized carbons (Fsp3) is 0.120. The van der Waals surface area contributed by atoms with E-state index in [1.54, 1.807) is 54.6 Å². The van der Waals surface area contributed by atoms with E-state index in [9.17, 15) is 9.59 Å². The first-order valence-corrected chi connectivity index (χ1v) is 12.6. The van der Waals surface area contributed by atoms with Crippen molar-refractivity contribution in [1.29, 1.82) is 0 Å². The Morgan fingerprint density at radius 3 is 2.41 bits per heavy atom. The SMILES string of the molecule is CCOc1cc(/C=C2\SC(=O)N(c3ccccc3)C2=O)c(Br)cc1OCc1ccc(Cl)c(Cl)c1. The molecule has 0 radical (unpaired) electrons. The number of carbonyl (C=O) groups excluding carboxylic acids is 2. The topological polar surface area (TPSA) is 55.8 Å². The van der Waals surface area contributed by atoms with E-state index >= 15 is 0 Å². The van der Waals surface area contributed by atoms with Crippen molar-refractivity contribution in [2.24, 2.45) is 0 Å². The average molecular weight is 579 g/mol. The van der Waals surface area contributed by atoms with Crippen molar-refractivity contribution in [3.05, 3.63) is 91.2 Å². The molecule has 174 valence electrons. The molecule has 1 saturated heterocycles. The van der Waals surface area contributed by atoms with Crippen molar-refractivity contribution in [2.75, 3.05) is 11.5 Å². The van der Waals surface area contributed by atoms with Crippen molar-refractivity contribution < 1.29 is 19.1 Å². The Balaban J connectivity index is 1.60. The van der Waals surface area contributed by atoms with Crippen LogP contribution >= 0.6 is 50.9 Å². The standard InChI is InChI=1S/C25H18BrCl2NO4S/c1-2-32-21-11-16(12-23-24(30)29(25(31)34-23)17-6-4-3-5-7-17)18(26)13-22(21)33-14-15-8-9-19(27)20(28)10-15/h3-13H,2,14H2,1H3/b23-12-. The first-order valence-electron chi connectivity index (χ1n) is 10.2. The molecule has 2 amide bonds. The van der Waals surface area contributed by atoms with Crippen LogP contribution in [0.3, 0.4) is 0 Å². The van der Waals surface area contributed by atoms with Gasteiger partial charge in [-0.1, -0.05) is 63.4 Å². The first-order chi connectivity index (χ1) is 16.4. The Morgan fingerprint density at radius 1 is 0.971 bits per heavy atom. The van der Waals surface area contributed by atoms with Crippen LogP contribution in [0.2, 0.25) is 10.0 Å².